The molecule has 160 valence electrons. The number of hydrogen-bond acceptors (Lipinski definition) is 4. The Balaban J connectivity index is 1.23. The fourth-order valence-electron chi connectivity index (χ4n) is 4.25. The zero-order valence-electron chi connectivity index (χ0n) is 17.6. The number of amides is 2. The number of thioether (sulfide) groups is 1. The van der Waals surface area contributed by atoms with Crippen LogP contribution in [0.15, 0.2) is 70.9 Å². The summed E-state index contributed by atoms with van der Waals surface area (Å²) >= 11 is 3.73. The van der Waals surface area contributed by atoms with Crippen LogP contribution in [-0.4, -0.2) is 54.3 Å². The zero-order chi connectivity index (χ0) is 21.0. The Morgan fingerprint density at radius 3 is 2.23 bits per heavy atom. The van der Waals surface area contributed by atoms with Crippen LogP contribution in [0, 0.1) is 0 Å². The maximum atomic E-state index is 13.4. The molecule has 2 amide bonds. The molecule has 0 atom stereocenters. The highest BCUT2D eigenvalue weighted by molar-refractivity contribution is 8.01. The van der Waals surface area contributed by atoms with Crippen molar-refractivity contribution in [1.29, 1.82) is 0 Å². The minimum Gasteiger partial charge on any atom is -0.322 e. The molecule has 2 aliphatic rings. The highest BCUT2D eigenvalue weighted by atomic mass is 32.2. The van der Waals surface area contributed by atoms with E-state index in [-0.39, 0.29) is 6.03 Å². The maximum Gasteiger partial charge on any atom is 0.324 e. The van der Waals surface area contributed by atoms with E-state index in [2.05, 4.69) is 71.6 Å². The van der Waals surface area contributed by atoms with Crippen LogP contribution < -0.4 is 4.90 Å². The van der Waals surface area contributed by atoms with Gasteiger partial charge in [-0.05, 0) is 17.2 Å². The van der Waals surface area contributed by atoms with E-state index in [1.807, 2.05) is 32.9 Å². The Labute approximate surface area is 192 Å². The number of carbonyl (C=O) groups excluding carboxylic acids is 1. The summed E-state index contributed by atoms with van der Waals surface area (Å²) in [5.41, 5.74) is 3.77. The van der Waals surface area contributed by atoms with Gasteiger partial charge in [0.2, 0.25) is 0 Å². The predicted molar refractivity (Wildman–Crippen MR) is 130 cm³/mol. The fraction of sp³-hybridized carbons (Fsp3) is 0.320. The van der Waals surface area contributed by atoms with Crippen LogP contribution in [0.2, 0.25) is 0 Å². The van der Waals surface area contributed by atoms with Crippen molar-refractivity contribution in [3.8, 4) is 0 Å². The average molecular weight is 450 g/mol. The van der Waals surface area contributed by atoms with E-state index in [4.69, 9.17) is 0 Å². The number of nitrogens with zero attached hydrogens (tertiary/aromatic N) is 3. The number of anilines is 1. The van der Waals surface area contributed by atoms with Gasteiger partial charge >= 0.3 is 6.03 Å². The van der Waals surface area contributed by atoms with Crippen LogP contribution in [0.4, 0.5) is 10.5 Å². The van der Waals surface area contributed by atoms with Crippen molar-refractivity contribution in [1.82, 2.24) is 9.80 Å². The number of piperazine rings is 1. The number of carbonyl (C=O) groups is 1. The van der Waals surface area contributed by atoms with E-state index in [0.29, 0.717) is 0 Å². The molecule has 3 aromatic rings. The van der Waals surface area contributed by atoms with Gasteiger partial charge in [0.05, 0.1) is 9.90 Å². The van der Waals surface area contributed by atoms with E-state index < -0.39 is 0 Å². The van der Waals surface area contributed by atoms with Crippen molar-refractivity contribution in [3.63, 3.8) is 0 Å². The molecule has 2 aliphatic heterocycles. The van der Waals surface area contributed by atoms with Gasteiger partial charge in [-0.15, -0.1) is 23.1 Å². The first-order chi connectivity index (χ1) is 15.3. The third kappa shape index (κ3) is 4.81. The molecule has 0 unspecified atom stereocenters. The Morgan fingerprint density at radius 1 is 0.839 bits per heavy atom. The van der Waals surface area contributed by atoms with Crippen LogP contribution in [0.1, 0.15) is 16.0 Å². The fourth-order valence-corrected chi connectivity index (χ4v) is 6.75. The molecule has 1 fully saturated rings. The predicted octanol–water partition coefficient (Wildman–Crippen LogP) is 5.19. The summed E-state index contributed by atoms with van der Waals surface area (Å²) in [6.45, 7) is 5.21. The van der Waals surface area contributed by atoms with Gasteiger partial charge in [-0.25, -0.2) is 4.79 Å². The Bertz CT molecular complexity index is 1010. The smallest absolute Gasteiger partial charge is 0.322 e. The number of rotatable bonds is 4. The van der Waals surface area contributed by atoms with Crippen LogP contribution in [0.25, 0.3) is 0 Å². The molecule has 0 bridgehead atoms. The molecule has 4 nitrogen and oxygen atoms in total. The van der Waals surface area contributed by atoms with E-state index in [0.717, 1.165) is 57.1 Å². The second-order valence-electron chi connectivity index (χ2n) is 8.08. The van der Waals surface area contributed by atoms with E-state index in [1.54, 1.807) is 0 Å². The molecule has 0 saturated carbocycles. The zero-order valence-corrected chi connectivity index (χ0v) is 19.2. The van der Waals surface area contributed by atoms with Crippen molar-refractivity contribution < 1.29 is 4.79 Å². The molecule has 0 spiro atoms. The Hall–Kier alpha value is -2.28. The first kappa shape index (κ1) is 20.6. The van der Waals surface area contributed by atoms with Gasteiger partial charge in [0, 0.05) is 56.3 Å². The average Bonchev–Trinajstić information content (AvgIpc) is 3.23. The van der Waals surface area contributed by atoms with Gasteiger partial charge in [0.25, 0.3) is 0 Å². The molecule has 31 heavy (non-hydrogen) atoms. The number of hydrogen-bond donors (Lipinski definition) is 0. The summed E-state index contributed by atoms with van der Waals surface area (Å²) in [5.74, 6) is 0.970. The molecule has 1 aromatic heterocycles. The number of benzene rings is 2. The van der Waals surface area contributed by atoms with Crippen molar-refractivity contribution in [2.24, 2.45) is 0 Å². The van der Waals surface area contributed by atoms with Crippen LogP contribution in [-0.2, 0) is 13.0 Å². The molecular weight excluding hydrogens is 422 g/mol. The summed E-state index contributed by atoms with van der Waals surface area (Å²) in [6.07, 6.45) is 0.930. The standard InChI is InChI=1S/C25H27N3OS2/c29-25(27-13-11-26(12-14-27)19-21-9-5-2-6-10-21)28-15-16-30-24-23(28)18-22(31-24)17-20-7-3-1-4-8-20/h1-10,18H,11-17,19H2. The lowest BCUT2D eigenvalue weighted by Gasteiger charge is -2.38. The molecule has 5 rings (SSSR count). The molecule has 0 radical (unpaired) electrons. The summed E-state index contributed by atoms with van der Waals surface area (Å²) in [5, 5.41) is 0. The summed E-state index contributed by atoms with van der Waals surface area (Å²) in [4.78, 5) is 21.2. The Kier molecular flexibility index (Phi) is 6.30. The van der Waals surface area contributed by atoms with Crippen molar-refractivity contribution in [3.05, 3.63) is 82.7 Å². The summed E-state index contributed by atoms with van der Waals surface area (Å²) in [6, 6.07) is 23.6. The number of thiophene rings is 1. The highest BCUT2D eigenvalue weighted by Gasteiger charge is 2.30. The van der Waals surface area contributed by atoms with E-state index in [9.17, 15) is 4.79 Å². The number of fused-ring (bicyclic) bond motifs is 1. The van der Waals surface area contributed by atoms with Crippen LogP contribution in [0.3, 0.4) is 0 Å². The quantitative estimate of drug-likeness (QED) is 0.549. The normalized spacial score (nSPS) is 16.9. The van der Waals surface area contributed by atoms with Crippen LogP contribution >= 0.6 is 23.1 Å². The lowest BCUT2D eigenvalue weighted by atomic mass is 10.1. The van der Waals surface area contributed by atoms with Crippen molar-refractivity contribution in [2.75, 3.05) is 43.4 Å². The summed E-state index contributed by atoms with van der Waals surface area (Å²) < 4.78 is 1.29. The van der Waals surface area contributed by atoms with Crippen LogP contribution in [0.5, 0.6) is 0 Å². The van der Waals surface area contributed by atoms with Gasteiger partial charge in [0.1, 0.15) is 0 Å². The largest absolute Gasteiger partial charge is 0.324 e. The van der Waals surface area contributed by atoms with Crippen molar-refractivity contribution >= 4 is 34.8 Å². The molecule has 0 N–H and O–H groups in total. The minimum absolute atomic E-state index is 0.171. The first-order valence-corrected chi connectivity index (χ1v) is 12.7. The SMILES string of the molecule is O=C(N1CCN(Cc2ccccc2)CC1)N1CCSc2sc(Cc3ccccc3)cc21. The third-order valence-corrected chi connectivity index (χ3v) is 8.29. The van der Waals surface area contributed by atoms with Gasteiger partial charge in [-0.1, -0.05) is 60.7 Å². The minimum atomic E-state index is 0.171. The lowest BCUT2D eigenvalue weighted by Crippen LogP contribution is -2.53. The topological polar surface area (TPSA) is 26.8 Å². The summed E-state index contributed by atoms with van der Waals surface area (Å²) in [7, 11) is 0. The molecule has 2 aromatic carbocycles. The van der Waals surface area contributed by atoms with Gasteiger partial charge in [-0.3, -0.25) is 9.80 Å². The molecule has 6 heteroatoms. The maximum absolute atomic E-state index is 13.4. The molecule has 1 saturated heterocycles. The van der Waals surface area contributed by atoms with E-state index in [1.165, 1.54) is 20.2 Å². The van der Waals surface area contributed by atoms with Gasteiger partial charge < -0.3 is 4.90 Å². The van der Waals surface area contributed by atoms with Gasteiger partial charge in [0.15, 0.2) is 0 Å². The lowest BCUT2D eigenvalue weighted by molar-refractivity contribution is 0.139. The Morgan fingerprint density at radius 2 is 1.52 bits per heavy atom. The molecule has 3 heterocycles. The molecular formula is C25H27N3OS2. The van der Waals surface area contributed by atoms with Crippen molar-refractivity contribution in [2.45, 2.75) is 17.2 Å². The second-order valence-corrected chi connectivity index (χ2v) is 10.6. The van der Waals surface area contributed by atoms with Gasteiger partial charge in [-0.2, -0.15) is 0 Å². The number of urea groups is 1. The molecule has 0 aliphatic carbocycles. The van der Waals surface area contributed by atoms with E-state index >= 15 is 0 Å². The highest BCUT2D eigenvalue weighted by Crippen LogP contribution is 2.42. The second kappa shape index (κ2) is 9.47. The monoisotopic (exact) mass is 449 g/mol. The first-order valence-electron chi connectivity index (χ1n) is 10.9. The third-order valence-electron chi connectivity index (χ3n) is 5.91.